The number of aldehydes is 1. The van der Waals surface area contributed by atoms with E-state index < -0.39 is 0 Å². The van der Waals surface area contributed by atoms with Gasteiger partial charge < -0.3 is 14.3 Å². The molecule has 66 valence electrons. The van der Waals surface area contributed by atoms with E-state index in [0.29, 0.717) is 5.92 Å². The van der Waals surface area contributed by atoms with Crippen molar-refractivity contribution < 1.29 is 14.3 Å². The van der Waals surface area contributed by atoms with Gasteiger partial charge in [-0.05, 0) is 12.3 Å². The molecule has 0 saturated carbocycles. The minimum Gasteiger partial charge on any atom is -0.388 e. The van der Waals surface area contributed by atoms with Gasteiger partial charge in [0.2, 0.25) is 0 Å². The second-order valence-corrected chi connectivity index (χ2v) is 2.76. The summed E-state index contributed by atoms with van der Waals surface area (Å²) in [4.78, 5) is 10.0. The van der Waals surface area contributed by atoms with Crippen molar-refractivity contribution in [2.75, 3.05) is 20.8 Å². The van der Waals surface area contributed by atoms with Crippen LogP contribution in [-0.2, 0) is 14.3 Å². The number of hydrogen-bond donors (Lipinski definition) is 0. The lowest BCUT2D eigenvalue weighted by Gasteiger charge is -1.93. The minimum absolute atomic E-state index is 0.106. The van der Waals surface area contributed by atoms with E-state index in [-0.39, 0.29) is 6.10 Å². The van der Waals surface area contributed by atoms with Crippen molar-refractivity contribution in [1.82, 2.24) is 0 Å². The molecule has 0 aliphatic carbocycles. The number of carbonyl (C=O) groups is 1. The summed E-state index contributed by atoms with van der Waals surface area (Å²) in [5.74, 6) is 0.574. The summed E-state index contributed by atoms with van der Waals surface area (Å²) < 4.78 is 9.30. The Morgan fingerprint density at radius 1 is 1.55 bits per heavy atom. The molecule has 2 unspecified atom stereocenters. The number of ether oxygens (including phenoxy) is 2. The van der Waals surface area contributed by atoms with Crippen molar-refractivity contribution in [2.45, 2.75) is 19.4 Å². The van der Waals surface area contributed by atoms with Crippen molar-refractivity contribution in [3.05, 3.63) is 0 Å². The van der Waals surface area contributed by atoms with Crippen LogP contribution in [0.1, 0.15) is 13.3 Å². The molecule has 0 aromatic carbocycles. The van der Waals surface area contributed by atoms with Crippen LogP contribution in [0, 0.1) is 5.92 Å². The molecule has 1 aliphatic heterocycles. The minimum atomic E-state index is -0.106. The Morgan fingerprint density at radius 2 is 2.09 bits per heavy atom. The highest BCUT2D eigenvalue weighted by Crippen LogP contribution is 2.16. The maximum Gasteiger partial charge on any atom is 0.148 e. The van der Waals surface area contributed by atoms with E-state index in [1.54, 1.807) is 14.2 Å². The molecule has 1 heterocycles. The first-order valence-electron chi connectivity index (χ1n) is 3.71. The van der Waals surface area contributed by atoms with Crippen LogP contribution < -0.4 is 0 Å². The van der Waals surface area contributed by atoms with Gasteiger partial charge in [-0.3, -0.25) is 0 Å². The maximum absolute atomic E-state index is 10.0. The zero-order chi connectivity index (χ0) is 8.69. The second-order valence-electron chi connectivity index (χ2n) is 2.76. The van der Waals surface area contributed by atoms with Crippen molar-refractivity contribution >= 4 is 6.29 Å². The van der Waals surface area contributed by atoms with E-state index in [4.69, 9.17) is 4.74 Å². The Labute approximate surface area is 67.7 Å². The lowest BCUT2D eigenvalue weighted by atomic mass is 10.1. The number of hydrogen-bond acceptors (Lipinski definition) is 3. The largest absolute Gasteiger partial charge is 0.388 e. The van der Waals surface area contributed by atoms with Crippen LogP contribution in [0.25, 0.3) is 0 Å². The predicted molar refractivity (Wildman–Crippen MR) is 42.5 cm³/mol. The van der Waals surface area contributed by atoms with Crippen LogP contribution in [0.3, 0.4) is 0 Å². The van der Waals surface area contributed by atoms with Gasteiger partial charge in [-0.2, -0.15) is 0 Å². The van der Waals surface area contributed by atoms with Crippen molar-refractivity contribution in [3.8, 4) is 0 Å². The molecule has 3 nitrogen and oxygen atoms in total. The normalized spacial score (nSPS) is 29.0. The third kappa shape index (κ3) is 4.93. The van der Waals surface area contributed by atoms with Gasteiger partial charge in [-0.15, -0.1) is 0 Å². The average molecular weight is 160 g/mol. The van der Waals surface area contributed by atoms with Gasteiger partial charge in [-0.25, -0.2) is 0 Å². The number of carbonyl (C=O) groups excluding carboxylic acids is 1. The molecule has 1 fully saturated rings. The van der Waals surface area contributed by atoms with E-state index in [9.17, 15) is 4.79 Å². The Morgan fingerprint density at radius 3 is 2.27 bits per heavy atom. The van der Waals surface area contributed by atoms with Crippen LogP contribution in [0.15, 0.2) is 0 Å². The molecule has 0 N–H and O–H groups in total. The fraction of sp³-hybridized carbons (Fsp3) is 0.875. The van der Waals surface area contributed by atoms with Gasteiger partial charge in [0, 0.05) is 14.2 Å². The Bertz CT molecular complexity index is 104. The summed E-state index contributed by atoms with van der Waals surface area (Å²) in [6.07, 6.45) is 1.68. The van der Waals surface area contributed by atoms with Crippen molar-refractivity contribution in [3.63, 3.8) is 0 Å². The summed E-state index contributed by atoms with van der Waals surface area (Å²) in [7, 11) is 3.25. The highest BCUT2D eigenvalue weighted by molar-refractivity contribution is 5.56. The molecular formula is C8H16O3. The first-order valence-corrected chi connectivity index (χ1v) is 3.71. The van der Waals surface area contributed by atoms with E-state index in [0.717, 1.165) is 19.3 Å². The summed E-state index contributed by atoms with van der Waals surface area (Å²) in [6.45, 7) is 2.84. The van der Waals surface area contributed by atoms with E-state index in [1.165, 1.54) is 0 Å². The lowest BCUT2D eigenvalue weighted by Crippen LogP contribution is -2.04. The monoisotopic (exact) mass is 160 g/mol. The zero-order valence-corrected chi connectivity index (χ0v) is 7.37. The molecular weight excluding hydrogens is 144 g/mol. The van der Waals surface area contributed by atoms with E-state index in [2.05, 4.69) is 11.7 Å². The fourth-order valence-corrected chi connectivity index (χ4v) is 0.915. The Hall–Kier alpha value is -0.410. The molecule has 1 saturated heterocycles. The van der Waals surface area contributed by atoms with Gasteiger partial charge in [0.25, 0.3) is 0 Å². The third-order valence-corrected chi connectivity index (χ3v) is 1.38. The second kappa shape index (κ2) is 6.31. The van der Waals surface area contributed by atoms with Gasteiger partial charge >= 0.3 is 0 Å². The topological polar surface area (TPSA) is 35.5 Å². The lowest BCUT2D eigenvalue weighted by molar-refractivity contribution is -0.115. The zero-order valence-electron chi connectivity index (χ0n) is 7.37. The average Bonchev–Trinajstić information content (AvgIpc) is 2.37. The van der Waals surface area contributed by atoms with Gasteiger partial charge in [0.05, 0.1) is 6.61 Å². The molecule has 0 bridgehead atoms. The van der Waals surface area contributed by atoms with E-state index >= 15 is 0 Å². The summed E-state index contributed by atoms with van der Waals surface area (Å²) in [5.41, 5.74) is 0. The van der Waals surface area contributed by atoms with Crippen LogP contribution >= 0.6 is 0 Å². The van der Waals surface area contributed by atoms with Gasteiger partial charge in [0.1, 0.15) is 12.4 Å². The standard InChI is InChI=1S/C6H10O2.C2H6O/c1-5-2-6(3-7)8-4-5;1-3-2/h3,5-6H,2,4H2,1H3;1-2H3. The smallest absolute Gasteiger partial charge is 0.148 e. The van der Waals surface area contributed by atoms with Crippen LogP contribution in [0.5, 0.6) is 0 Å². The molecule has 0 radical (unpaired) electrons. The fourth-order valence-electron chi connectivity index (χ4n) is 0.915. The Kier molecular flexibility index (Phi) is 6.07. The quantitative estimate of drug-likeness (QED) is 0.534. The molecule has 1 rings (SSSR count). The molecule has 0 aromatic rings. The molecule has 2 atom stereocenters. The summed E-state index contributed by atoms with van der Waals surface area (Å²) in [5, 5.41) is 0. The summed E-state index contributed by atoms with van der Waals surface area (Å²) in [6, 6.07) is 0. The maximum atomic E-state index is 10.0. The molecule has 3 heteroatoms. The molecule has 11 heavy (non-hydrogen) atoms. The van der Waals surface area contributed by atoms with Crippen LogP contribution in [0.4, 0.5) is 0 Å². The first kappa shape index (κ1) is 10.6. The van der Waals surface area contributed by atoms with Gasteiger partial charge in [-0.1, -0.05) is 6.92 Å². The first-order chi connectivity index (χ1) is 5.24. The predicted octanol–water partition coefficient (Wildman–Crippen LogP) is 0.873. The SMILES string of the molecule is CC1COC(C=O)C1.COC. The highest BCUT2D eigenvalue weighted by atomic mass is 16.5. The van der Waals surface area contributed by atoms with Gasteiger partial charge in [0.15, 0.2) is 0 Å². The number of rotatable bonds is 1. The molecule has 1 aliphatic rings. The molecule has 0 amide bonds. The summed E-state index contributed by atoms with van der Waals surface area (Å²) >= 11 is 0. The van der Waals surface area contributed by atoms with E-state index in [1.807, 2.05) is 0 Å². The third-order valence-electron chi connectivity index (χ3n) is 1.38. The van der Waals surface area contributed by atoms with Crippen molar-refractivity contribution in [1.29, 1.82) is 0 Å². The molecule has 0 spiro atoms. The van der Waals surface area contributed by atoms with Crippen molar-refractivity contribution in [2.24, 2.45) is 5.92 Å². The van der Waals surface area contributed by atoms with Crippen LogP contribution in [-0.4, -0.2) is 33.2 Å². The van der Waals surface area contributed by atoms with Crippen LogP contribution in [0.2, 0.25) is 0 Å². The molecule has 0 aromatic heterocycles. The Balaban J connectivity index is 0.000000292. The highest BCUT2D eigenvalue weighted by Gasteiger charge is 2.20. The number of methoxy groups -OCH3 is 1.